The van der Waals surface area contributed by atoms with Crippen molar-refractivity contribution >= 4 is 35.1 Å². The van der Waals surface area contributed by atoms with E-state index in [1.807, 2.05) is 30.3 Å². The Hall–Kier alpha value is -2.93. The highest BCUT2D eigenvalue weighted by Crippen LogP contribution is 2.21. The molecule has 0 aromatic heterocycles. The van der Waals surface area contributed by atoms with E-state index in [0.29, 0.717) is 13.0 Å². The molecule has 6 nitrogen and oxygen atoms in total. The van der Waals surface area contributed by atoms with E-state index >= 15 is 0 Å². The average Bonchev–Trinajstić information content (AvgIpc) is 3.09. The quantitative estimate of drug-likeness (QED) is 0.701. The number of carbonyl (C=O) groups excluding carboxylic acids is 3. The van der Waals surface area contributed by atoms with Crippen LogP contribution in [0.5, 0.6) is 0 Å². The van der Waals surface area contributed by atoms with Gasteiger partial charge in [-0.3, -0.25) is 14.4 Å². The van der Waals surface area contributed by atoms with E-state index < -0.39 is 30.2 Å². The van der Waals surface area contributed by atoms with Crippen LogP contribution < -0.4 is 5.32 Å². The highest BCUT2D eigenvalue weighted by molar-refractivity contribution is 6.30. The third-order valence-electron chi connectivity index (χ3n) is 4.61. The summed E-state index contributed by atoms with van der Waals surface area (Å²) in [5.74, 6) is -2.70. The zero-order chi connectivity index (χ0) is 20.8. The fraction of sp³-hybridized carbons (Fsp3) is 0.286. The van der Waals surface area contributed by atoms with Gasteiger partial charge in [0.1, 0.15) is 5.82 Å². The number of nitrogens with zero attached hydrogens (tertiary/aromatic N) is 1. The van der Waals surface area contributed by atoms with Crippen molar-refractivity contribution in [2.24, 2.45) is 5.92 Å². The molecule has 1 atom stereocenters. The molecule has 152 valence electrons. The van der Waals surface area contributed by atoms with E-state index in [1.54, 1.807) is 4.90 Å². The topological polar surface area (TPSA) is 75.7 Å². The molecule has 1 aliphatic rings. The van der Waals surface area contributed by atoms with Crippen LogP contribution in [-0.2, 0) is 25.5 Å². The number of halogens is 2. The molecule has 1 saturated heterocycles. The zero-order valence-electron chi connectivity index (χ0n) is 15.6. The number of nitrogens with one attached hydrogen (secondary N) is 1. The van der Waals surface area contributed by atoms with Crippen LogP contribution in [0.4, 0.5) is 10.1 Å². The summed E-state index contributed by atoms with van der Waals surface area (Å²) in [5.41, 5.74) is 1.01. The number of ether oxygens (including phenoxy) is 1. The van der Waals surface area contributed by atoms with Crippen molar-refractivity contribution in [1.29, 1.82) is 0 Å². The van der Waals surface area contributed by atoms with Crippen LogP contribution >= 0.6 is 11.6 Å². The molecule has 8 heteroatoms. The second-order valence-electron chi connectivity index (χ2n) is 6.76. The summed E-state index contributed by atoms with van der Waals surface area (Å²) >= 11 is 5.77. The summed E-state index contributed by atoms with van der Waals surface area (Å²) in [6.45, 7) is 0.204. The number of anilines is 1. The lowest BCUT2D eigenvalue weighted by molar-refractivity contribution is -0.151. The molecular formula is C21H20ClFN2O4. The first-order chi connectivity index (χ1) is 13.9. The monoisotopic (exact) mass is 418 g/mol. The lowest BCUT2D eigenvalue weighted by atomic mass is 10.1. The van der Waals surface area contributed by atoms with E-state index in [1.165, 1.54) is 12.1 Å². The summed E-state index contributed by atoms with van der Waals surface area (Å²) in [6, 6.07) is 13.5. The lowest BCUT2D eigenvalue weighted by Crippen LogP contribution is -2.29. The van der Waals surface area contributed by atoms with E-state index in [-0.39, 0.29) is 29.6 Å². The van der Waals surface area contributed by atoms with Gasteiger partial charge in [0.05, 0.1) is 11.6 Å². The lowest BCUT2D eigenvalue weighted by Gasteiger charge is -2.16. The molecule has 2 aromatic carbocycles. The van der Waals surface area contributed by atoms with Gasteiger partial charge < -0.3 is 15.0 Å². The molecular weight excluding hydrogens is 399 g/mol. The number of rotatable bonds is 7. The van der Waals surface area contributed by atoms with Crippen LogP contribution in [0.1, 0.15) is 12.0 Å². The van der Waals surface area contributed by atoms with Crippen LogP contribution in [0, 0.1) is 11.7 Å². The molecule has 1 aliphatic heterocycles. The first-order valence-electron chi connectivity index (χ1n) is 9.15. The summed E-state index contributed by atoms with van der Waals surface area (Å²) < 4.78 is 18.6. The number of hydrogen-bond donors (Lipinski definition) is 1. The van der Waals surface area contributed by atoms with Crippen molar-refractivity contribution in [3.63, 3.8) is 0 Å². The zero-order valence-corrected chi connectivity index (χ0v) is 16.3. The fourth-order valence-electron chi connectivity index (χ4n) is 3.09. The van der Waals surface area contributed by atoms with E-state index in [0.717, 1.165) is 11.6 Å². The number of amides is 2. The largest absolute Gasteiger partial charge is 0.455 e. The molecule has 0 spiro atoms. The van der Waals surface area contributed by atoms with Gasteiger partial charge in [0, 0.05) is 24.5 Å². The Bertz CT molecular complexity index is 907. The third-order valence-corrected chi connectivity index (χ3v) is 4.84. The fourth-order valence-corrected chi connectivity index (χ4v) is 3.26. The van der Waals surface area contributed by atoms with Gasteiger partial charge in [-0.1, -0.05) is 41.9 Å². The molecule has 0 aliphatic carbocycles. The van der Waals surface area contributed by atoms with Gasteiger partial charge in [-0.25, -0.2) is 4.39 Å². The Balaban J connectivity index is 1.45. The van der Waals surface area contributed by atoms with E-state index in [2.05, 4.69) is 5.32 Å². The Morgan fingerprint density at radius 2 is 1.97 bits per heavy atom. The smallest absolute Gasteiger partial charge is 0.311 e. The Labute approximate surface area is 172 Å². The first-order valence-corrected chi connectivity index (χ1v) is 9.53. The Morgan fingerprint density at radius 1 is 1.21 bits per heavy atom. The maximum Gasteiger partial charge on any atom is 0.311 e. The summed E-state index contributed by atoms with van der Waals surface area (Å²) in [4.78, 5) is 37.9. The number of hydrogen-bond acceptors (Lipinski definition) is 4. The number of esters is 1. The molecule has 1 N–H and O–H groups in total. The average molecular weight is 419 g/mol. The molecule has 2 amide bonds. The first kappa shape index (κ1) is 20.8. The van der Waals surface area contributed by atoms with Crippen molar-refractivity contribution < 1.29 is 23.5 Å². The van der Waals surface area contributed by atoms with Gasteiger partial charge in [0.25, 0.3) is 5.91 Å². The van der Waals surface area contributed by atoms with E-state index in [9.17, 15) is 18.8 Å². The molecule has 1 fully saturated rings. The minimum absolute atomic E-state index is 0.0537. The predicted octanol–water partition coefficient (Wildman–Crippen LogP) is 3.05. The number of carbonyl (C=O) groups is 3. The standard InChI is InChI=1S/C21H20ClFN2O4/c22-16-6-7-17(23)18(11-16)24-19(26)13-29-21(28)15-10-20(27)25(12-15)9-8-14-4-2-1-3-5-14/h1-7,11,15H,8-10,12-13H2,(H,24,26)/t15-/m1/s1. The molecule has 1 heterocycles. The van der Waals surface area contributed by atoms with Crippen LogP contribution in [0.3, 0.4) is 0 Å². The summed E-state index contributed by atoms with van der Waals surface area (Å²) in [5, 5.41) is 2.56. The molecule has 29 heavy (non-hydrogen) atoms. The molecule has 2 aromatic rings. The number of likely N-dealkylation sites (tertiary alicyclic amines) is 1. The van der Waals surface area contributed by atoms with Gasteiger partial charge >= 0.3 is 5.97 Å². The molecule has 3 rings (SSSR count). The van der Waals surface area contributed by atoms with Gasteiger partial charge in [-0.05, 0) is 30.2 Å². The Morgan fingerprint density at radius 3 is 2.72 bits per heavy atom. The van der Waals surface area contributed by atoms with Crippen LogP contribution in [0.25, 0.3) is 0 Å². The second kappa shape index (κ2) is 9.52. The third kappa shape index (κ3) is 5.77. The molecule has 0 saturated carbocycles. The SMILES string of the molecule is O=C(COC(=O)[C@@H]1CC(=O)N(CCc2ccccc2)C1)Nc1cc(Cl)ccc1F. The summed E-state index contributed by atoms with van der Waals surface area (Å²) in [7, 11) is 0. The Kier molecular flexibility index (Phi) is 6.82. The van der Waals surface area contributed by atoms with Crippen LogP contribution in [-0.4, -0.2) is 42.4 Å². The minimum Gasteiger partial charge on any atom is -0.455 e. The molecule has 0 bridgehead atoms. The van der Waals surface area contributed by atoms with Crippen LogP contribution in [0.15, 0.2) is 48.5 Å². The highest BCUT2D eigenvalue weighted by atomic mass is 35.5. The second-order valence-corrected chi connectivity index (χ2v) is 7.19. The van der Waals surface area contributed by atoms with E-state index in [4.69, 9.17) is 16.3 Å². The van der Waals surface area contributed by atoms with Gasteiger partial charge in [0.2, 0.25) is 5.91 Å². The minimum atomic E-state index is -0.690. The van der Waals surface area contributed by atoms with Gasteiger partial charge in [-0.2, -0.15) is 0 Å². The van der Waals surface area contributed by atoms with Gasteiger partial charge in [0.15, 0.2) is 6.61 Å². The highest BCUT2D eigenvalue weighted by Gasteiger charge is 2.35. The van der Waals surface area contributed by atoms with Crippen molar-refractivity contribution in [2.75, 3.05) is 25.0 Å². The maximum absolute atomic E-state index is 13.6. The molecule has 0 unspecified atom stereocenters. The van der Waals surface area contributed by atoms with Crippen molar-refractivity contribution in [2.45, 2.75) is 12.8 Å². The number of benzene rings is 2. The van der Waals surface area contributed by atoms with Crippen LogP contribution in [0.2, 0.25) is 5.02 Å². The predicted molar refractivity (Wildman–Crippen MR) is 106 cm³/mol. The van der Waals surface area contributed by atoms with Crippen molar-refractivity contribution in [1.82, 2.24) is 4.90 Å². The summed E-state index contributed by atoms with van der Waals surface area (Å²) in [6.07, 6.45) is 0.750. The maximum atomic E-state index is 13.6. The van der Waals surface area contributed by atoms with Crippen molar-refractivity contribution in [3.8, 4) is 0 Å². The molecule has 0 radical (unpaired) electrons. The van der Waals surface area contributed by atoms with Crippen molar-refractivity contribution in [3.05, 3.63) is 64.9 Å². The normalized spacial score (nSPS) is 16.0. The van der Waals surface area contributed by atoms with Gasteiger partial charge in [-0.15, -0.1) is 0 Å².